The minimum absolute atomic E-state index is 0.0865. The van der Waals surface area contributed by atoms with Gasteiger partial charge >= 0.3 is 0 Å². The van der Waals surface area contributed by atoms with Gasteiger partial charge in [-0.2, -0.15) is 0 Å². The van der Waals surface area contributed by atoms with Crippen LogP contribution in [0.1, 0.15) is 30.0 Å². The van der Waals surface area contributed by atoms with Crippen molar-refractivity contribution >= 4 is 34.6 Å². The fraction of sp³-hybridized carbons (Fsp3) is 0.278. The summed E-state index contributed by atoms with van der Waals surface area (Å²) >= 11 is 11.3. The molecule has 3 rings (SSSR count). The van der Waals surface area contributed by atoms with Crippen molar-refractivity contribution in [3.05, 3.63) is 64.4 Å². The molecule has 120 valence electrons. The standard InChI is InChI=1S/C18H18ClFN2S/c1-22(17-8-4-6-12-5-2-3-7-14(12)17)18(23)21-13-9-10-16(20)15(19)11-13/h2-3,5,7,9-11,17H,4,6,8H2,1H3,(H,21,23)/t17-/m1/s1. The second-order valence-electron chi connectivity index (χ2n) is 5.78. The molecule has 0 saturated heterocycles. The number of rotatable bonds is 2. The van der Waals surface area contributed by atoms with Gasteiger partial charge in [-0.25, -0.2) is 4.39 Å². The third-order valence-electron chi connectivity index (χ3n) is 4.30. The number of aryl methyl sites for hydroxylation is 1. The van der Waals surface area contributed by atoms with Gasteiger partial charge in [0, 0.05) is 12.7 Å². The maximum atomic E-state index is 13.2. The number of halogens is 2. The van der Waals surface area contributed by atoms with E-state index in [9.17, 15) is 4.39 Å². The number of benzene rings is 2. The smallest absolute Gasteiger partial charge is 0.173 e. The fourth-order valence-electron chi connectivity index (χ4n) is 3.06. The second kappa shape index (κ2) is 6.85. The van der Waals surface area contributed by atoms with Crippen molar-refractivity contribution in [2.75, 3.05) is 12.4 Å². The molecule has 2 aromatic carbocycles. The summed E-state index contributed by atoms with van der Waals surface area (Å²) in [6.07, 6.45) is 3.34. The molecule has 0 amide bonds. The molecule has 23 heavy (non-hydrogen) atoms. The van der Waals surface area contributed by atoms with E-state index in [0.717, 1.165) is 19.3 Å². The van der Waals surface area contributed by atoms with Gasteiger partial charge in [0.05, 0.1) is 11.1 Å². The average molecular weight is 349 g/mol. The first kappa shape index (κ1) is 16.2. The summed E-state index contributed by atoms with van der Waals surface area (Å²) in [7, 11) is 1.99. The van der Waals surface area contributed by atoms with Crippen LogP contribution in [-0.2, 0) is 6.42 Å². The monoisotopic (exact) mass is 348 g/mol. The Balaban J connectivity index is 1.76. The Morgan fingerprint density at radius 2 is 2.09 bits per heavy atom. The number of fused-ring (bicyclic) bond motifs is 1. The van der Waals surface area contributed by atoms with E-state index < -0.39 is 5.82 Å². The minimum Gasteiger partial charge on any atom is -0.345 e. The summed E-state index contributed by atoms with van der Waals surface area (Å²) in [6, 6.07) is 13.3. The van der Waals surface area contributed by atoms with E-state index in [0.29, 0.717) is 10.8 Å². The van der Waals surface area contributed by atoms with E-state index in [1.165, 1.54) is 17.2 Å². The van der Waals surface area contributed by atoms with E-state index in [4.69, 9.17) is 23.8 Å². The van der Waals surface area contributed by atoms with E-state index >= 15 is 0 Å². The highest BCUT2D eigenvalue weighted by atomic mass is 35.5. The molecule has 0 bridgehead atoms. The van der Waals surface area contributed by atoms with Crippen LogP contribution in [0.3, 0.4) is 0 Å². The number of nitrogens with one attached hydrogen (secondary N) is 1. The van der Waals surface area contributed by atoms with Gasteiger partial charge in [-0.15, -0.1) is 0 Å². The molecule has 0 radical (unpaired) electrons. The summed E-state index contributed by atoms with van der Waals surface area (Å²) in [6.45, 7) is 0. The molecule has 0 spiro atoms. The Morgan fingerprint density at radius 3 is 2.87 bits per heavy atom. The van der Waals surface area contributed by atoms with Crippen molar-refractivity contribution in [2.45, 2.75) is 25.3 Å². The first-order valence-corrected chi connectivity index (χ1v) is 8.41. The third-order valence-corrected chi connectivity index (χ3v) is 4.98. The molecular formula is C18H18ClFN2S. The topological polar surface area (TPSA) is 15.3 Å². The van der Waals surface area contributed by atoms with Gasteiger partial charge in [-0.1, -0.05) is 35.9 Å². The van der Waals surface area contributed by atoms with Crippen LogP contribution < -0.4 is 5.32 Å². The quantitative estimate of drug-likeness (QED) is 0.752. The molecule has 0 fully saturated rings. The lowest BCUT2D eigenvalue weighted by Crippen LogP contribution is -2.36. The Morgan fingerprint density at radius 1 is 1.30 bits per heavy atom. The Bertz CT molecular complexity index is 735. The van der Waals surface area contributed by atoms with E-state index in [2.05, 4.69) is 34.5 Å². The van der Waals surface area contributed by atoms with Gasteiger partial charge in [0.1, 0.15) is 5.82 Å². The number of hydrogen-bond acceptors (Lipinski definition) is 1. The predicted octanol–water partition coefficient (Wildman–Crippen LogP) is 5.19. The molecule has 0 aromatic heterocycles. The minimum atomic E-state index is -0.433. The maximum Gasteiger partial charge on any atom is 0.173 e. The number of hydrogen-bond donors (Lipinski definition) is 1. The molecule has 2 nitrogen and oxygen atoms in total. The van der Waals surface area contributed by atoms with Crippen LogP contribution >= 0.6 is 23.8 Å². The Kier molecular flexibility index (Phi) is 4.83. The fourth-order valence-corrected chi connectivity index (χ4v) is 3.48. The molecule has 0 aliphatic heterocycles. The van der Waals surface area contributed by atoms with Crippen LogP contribution in [0.5, 0.6) is 0 Å². The van der Waals surface area contributed by atoms with Crippen LogP contribution in [0, 0.1) is 5.82 Å². The SMILES string of the molecule is CN(C(=S)Nc1ccc(F)c(Cl)c1)[C@@H]1CCCc2ccccc21. The van der Waals surface area contributed by atoms with Crippen molar-refractivity contribution in [1.82, 2.24) is 4.90 Å². The first-order valence-electron chi connectivity index (χ1n) is 7.63. The van der Waals surface area contributed by atoms with Gasteiger partial charge in [0.15, 0.2) is 5.11 Å². The lowest BCUT2D eigenvalue weighted by atomic mass is 9.87. The highest BCUT2D eigenvalue weighted by molar-refractivity contribution is 7.80. The highest BCUT2D eigenvalue weighted by Crippen LogP contribution is 2.33. The molecular weight excluding hydrogens is 331 g/mol. The van der Waals surface area contributed by atoms with Gasteiger partial charge in [0.25, 0.3) is 0 Å². The van der Waals surface area contributed by atoms with E-state index in [1.54, 1.807) is 12.1 Å². The van der Waals surface area contributed by atoms with Crippen LogP contribution in [0.15, 0.2) is 42.5 Å². The lowest BCUT2D eigenvalue weighted by Gasteiger charge is -2.35. The zero-order valence-electron chi connectivity index (χ0n) is 12.9. The summed E-state index contributed by atoms with van der Waals surface area (Å²) in [5, 5.41) is 3.84. The van der Waals surface area contributed by atoms with Gasteiger partial charge in [0.2, 0.25) is 0 Å². The summed E-state index contributed by atoms with van der Waals surface area (Å²) in [5.41, 5.74) is 3.42. The molecule has 0 heterocycles. The Hall–Kier alpha value is -1.65. The zero-order valence-corrected chi connectivity index (χ0v) is 14.4. The van der Waals surface area contributed by atoms with Gasteiger partial charge in [-0.05, 0) is 60.8 Å². The van der Waals surface area contributed by atoms with Crippen LogP contribution in [0.2, 0.25) is 5.02 Å². The molecule has 0 unspecified atom stereocenters. The Labute approximate surface area is 146 Å². The molecule has 1 aliphatic rings. The average Bonchev–Trinajstić information content (AvgIpc) is 2.57. The van der Waals surface area contributed by atoms with Crippen LogP contribution in [-0.4, -0.2) is 17.1 Å². The molecule has 1 atom stereocenters. The highest BCUT2D eigenvalue weighted by Gasteiger charge is 2.24. The van der Waals surface area contributed by atoms with Crippen molar-refractivity contribution in [1.29, 1.82) is 0 Å². The number of nitrogens with zero attached hydrogens (tertiary/aromatic N) is 1. The maximum absolute atomic E-state index is 13.2. The van der Waals surface area contributed by atoms with Crippen molar-refractivity contribution in [2.24, 2.45) is 0 Å². The molecule has 0 saturated carbocycles. The van der Waals surface area contributed by atoms with Gasteiger partial charge < -0.3 is 10.2 Å². The largest absolute Gasteiger partial charge is 0.345 e. The van der Waals surface area contributed by atoms with Crippen molar-refractivity contribution in [3.63, 3.8) is 0 Å². The number of thiocarbonyl (C=S) groups is 1. The zero-order chi connectivity index (χ0) is 16.4. The van der Waals surface area contributed by atoms with E-state index in [-0.39, 0.29) is 11.1 Å². The predicted molar refractivity (Wildman–Crippen MR) is 97.5 cm³/mol. The molecule has 1 aliphatic carbocycles. The number of anilines is 1. The molecule has 2 aromatic rings. The van der Waals surface area contributed by atoms with Crippen LogP contribution in [0.25, 0.3) is 0 Å². The molecule has 1 N–H and O–H groups in total. The lowest BCUT2D eigenvalue weighted by molar-refractivity contribution is 0.336. The van der Waals surface area contributed by atoms with E-state index in [1.807, 2.05) is 7.05 Å². The third kappa shape index (κ3) is 3.48. The van der Waals surface area contributed by atoms with Crippen molar-refractivity contribution in [3.8, 4) is 0 Å². The normalized spacial score (nSPS) is 16.6. The van der Waals surface area contributed by atoms with Crippen molar-refractivity contribution < 1.29 is 4.39 Å². The molecule has 5 heteroatoms. The van der Waals surface area contributed by atoms with Gasteiger partial charge in [-0.3, -0.25) is 0 Å². The van der Waals surface area contributed by atoms with Crippen LogP contribution in [0.4, 0.5) is 10.1 Å². The summed E-state index contributed by atoms with van der Waals surface area (Å²) < 4.78 is 13.2. The summed E-state index contributed by atoms with van der Waals surface area (Å²) in [4.78, 5) is 2.07. The second-order valence-corrected chi connectivity index (χ2v) is 6.57. The first-order chi connectivity index (χ1) is 11.1. The summed E-state index contributed by atoms with van der Waals surface area (Å²) in [5.74, 6) is -0.433.